The molecule has 2 aromatic carbocycles. The maximum Gasteiger partial charge on any atom is 0.251 e. The number of nitrogens with one attached hydrogen (secondary N) is 2. The monoisotopic (exact) mass is 423 g/mol. The number of hydrogen-bond acceptors (Lipinski definition) is 5. The number of rotatable bonds is 8. The second-order valence-corrected chi connectivity index (χ2v) is 7.94. The first-order valence-corrected chi connectivity index (χ1v) is 10.3. The summed E-state index contributed by atoms with van der Waals surface area (Å²) in [7, 11) is -3.77. The number of aromatic hydroxyl groups is 1. The van der Waals surface area contributed by atoms with Crippen molar-refractivity contribution in [1.29, 1.82) is 0 Å². The summed E-state index contributed by atoms with van der Waals surface area (Å²) in [5, 5.41) is 14.7. The Hall–Kier alpha value is -2.98. The SMILES string of the molecule is CCN(CC)S(=O)(=O)c1ccc(O)c(NC(=O)CNC(=O)c2ccc(F)cc2)c1. The molecule has 0 bridgehead atoms. The number of benzene rings is 2. The van der Waals surface area contributed by atoms with E-state index in [1.807, 2.05) is 0 Å². The van der Waals surface area contributed by atoms with Crippen LogP contribution in [0.2, 0.25) is 0 Å². The van der Waals surface area contributed by atoms with Crippen molar-refractivity contribution >= 4 is 27.5 Å². The van der Waals surface area contributed by atoms with Crippen LogP contribution < -0.4 is 10.6 Å². The van der Waals surface area contributed by atoms with E-state index >= 15 is 0 Å². The number of hydrogen-bond donors (Lipinski definition) is 3. The van der Waals surface area contributed by atoms with E-state index in [1.165, 1.54) is 28.6 Å². The molecule has 10 heteroatoms. The van der Waals surface area contributed by atoms with Gasteiger partial charge in [-0.25, -0.2) is 12.8 Å². The summed E-state index contributed by atoms with van der Waals surface area (Å²) >= 11 is 0. The highest BCUT2D eigenvalue weighted by molar-refractivity contribution is 7.89. The number of halogens is 1. The largest absolute Gasteiger partial charge is 0.506 e. The molecular weight excluding hydrogens is 401 g/mol. The summed E-state index contributed by atoms with van der Waals surface area (Å²) in [5.41, 5.74) is 0.0774. The summed E-state index contributed by atoms with van der Waals surface area (Å²) < 4.78 is 39.3. The lowest BCUT2D eigenvalue weighted by Gasteiger charge is -2.19. The molecular formula is C19H22FN3O5S. The van der Waals surface area contributed by atoms with Gasteiger partial charge in [-0.15, -0.1) is 0 Å². The minimum absolute atomic E-state index is 0.0790. The second-order valence-electron chi connectivity index (χ2n) is 6.01. The Balaban J connectivity index is 2.08. The molecule has 0 fully saturated rings. The number of anilines is 1. The Morgan fingerprint density at radius 1 is 1.07 bits per heavy atom. The van der Waals surface area contributed by atoms with Gasteiger partial charge in [0.1, 0.15) is 11.6 Å². The number of phenols is 1. The van der Waals surface area contributed by atoms with Crippen LogP contribution in [-0.2, 0) is 14.8 Å². The summed E-state index contributed by atoms with van der Waals surface area (Å²) in [6.45, 7) is 3.53. The quantitative estimate of drug-likeness (QED) is 0.561. The molecule has 2 aromatic rings. The molecule has 3 N–H and O–H groups in total. The Morgan fingerprint density at radius 2 is 1.69 bits per heavy atom. The van der Waals surface area contributed by atoms with Crippen molar-refractivity contribution in [2.24, 2.45) is 0 Å². The van der Waals surface area contributed by atoms with E-state index in [0.717, 1.165) is 18.2 Å². The van der Waals surface area contributed by atoms with Gasteiger partial charge in [0.15, 0.2) is 0 Å². The van der Waals surface area contributed by atoms with E-state index in [9.17, 15) is 27.5 Å². The Morgan fingerprint density at radius 3 is 2.28 bits per heavy atom. The van der Waals surface area contributed by atoms with Crippen LogP contribution in [0.25, 0.3) is 0 Å². The minimum Gasteiger partial charge on any atom is -0.506 e. The van der Waals surface area contributed by atoms with E-state index in [1.54, 1.807) is 13.8 Å². The van der Waals surface area contributed by atoms with Gasteiger partial charge >= 0.3 is 0 Å². The molecule has 0 aromatic heterocycles. The molecule has 29 heavy (non-hydrogen) atoms. The first-order valence-electron chi connectivity index (χ1n) is 8.85. The molecule has 0 saturated heterocycles. The zero-order valence-corrected chi connectivity index (χ0v) is 16.8. The van der Waals surface area contributed by atoms with E-state index in [4.69, 9.17) is 0 Å². The zero-order chi connectivity index (χ0) is 21.6. The number of phenolic OH excluding ortho intramolecular Hbond substituents is 1. The van der Waals surface area contributed by atoms with Crippen LogP contribution >= 0.6 is 0 Å². The molecule has 0 atom stereocenters. The number of carbonyl (C=O) groups excluding carboxylic acids is 2. The van der Waals surface area contributed by atoms with E-state index in [0.29, 0.717) is 0 Å². The molecule has 0 aliphatic heterocycles. The third-order valence-electron chi connectivity index (χ3n) is 4.10. The van der Waals surface area contributed by atoms with Crippen molar-refractivity contribution in [1.82, 2.24) is 9.62 Å². The van der Waals surface area contributed by atoms with Crippen LogP contribution in [0.4, 0.5) is 10.1 Å². The normalized spacial score (nSPS) is 11.3. The predicted octanol–water partition coefficient (Wildman–Crippen LogP) is 1.93. The molecule has 0 unspecified atom stereocenters. The lowest BCUT2D eigenvalue weighted by molar-refractivity contribution is -0.115. The van der Waals surface area contributed by atoms with Crippen molar-refractivity contribution in [2.75, 3.05) is 25.0 Å². The molecule has 2 rings (SSSR count). The van der Waals surface area contributed by atoms with Gasteiger partial charge in [-0.2, -0.15) is 4.31 Å². The number of carbonyl (C=O) groups is 2. The van der Waals surface area contributed by atoms with E-state index < -0.39 is 34.2 Å². The molecule has 0 heterocycles. The van der Waals surface area contributed by atoms with Gasteiger partial charge in [0.05, 0.1) is 17.1 Å². The Labute approximate surface area is 168 Å². The average molecular weight is 423 g/mol. The number of sulfonamides is 1. The van der Waals surface area contributed by atoms with Crippen molar-refractivity contribution in [3.8, 4) is 5.75 Å². The van der Waals surface area contributed by atoms with Crippen LogP contribution in [0.5, 0.6) is 5.75 Å². The third kappa shape index (κ3) is 5.52. The van der Waals surface area contributed by atoms with Crippen LogP contribution in [0.15, 0.2) is 47.4 Å². The molecule has 0 aliphatic rings. The lowest BCUT2D eigenvalue weighted by atomic mass is 10.2. The number of amides is 2. The summed E-state index contributed by atoms with van der Waals surface area (Å²) in [5.74, 6) is -2.06. The van der Waals surface area contributed by atoms with Gasteiger partial charge in [0, 0.05) is 18.7 Å². The van der Waals surface area contributed by atoms with E-state index in [-0.39, 0.29) is 35.0 Å². The van der Waals surface area contributed by atoms with Crippen molar-refractivity contribution in [2.45, 2.75) is 18.7 Å². The van der Waals surface area contributed by atoms with Gasteiger partial charge in [-0.3, -0.25) is 9.59 Å². The molecule has 0 radical (unpaired) electrons. The molecule has 0 spiro atoms. The molecule has 0 saturated carbocycles. The fourth-order valence-corrected chi connectivity index (χ4v) is 4.03. The Kier molecular flexibility index (Phi) is 7.29. The summed E-state index contributed by atoms with van der Waals surface area (Å²) in [6.07, 6.45) is 0. The minimum atomic E-state index is -3.77. The second kappa shape index (κ2) is 9.48. The smallest absolute Gasteiger partial charge is 0.251 e. The maximum atomic E-state index is 12.9. The van der Waals surface area contributed by atoms with Crippen LogP contribution in [0.3, 0.4) is 0 Å². The first kappa shape index (κ1) is 22.3. The average Bonchev–Trinajstić information content (AvgIpc) is 2.69. The Bertz CT molecular complexity index is 989. The molecule has 0 aliphatic carbocycles. The highest BCUT2D eigenvalue weighted by Crippen LogP contribution is 2.27. The van der Waals surface area contributed by atoms with Crippen LogP contribution in [0, 0.1) is 5.82 Å². The highest BCUT2D eigenvalue weighted by Gasteiger charge is 2.23. The predicted molar refractivity (Wildman–Crippen MR) is 106 cm³/mol. The van der Waals surface area contributed by atoms with Crippen molar-refractivity contribution < 1.29 is 27.5 Å². The maximum absolute atomic E-state index is 12.9. The van der Waals surface area contributed by atoms with Gasteiger partial charge in [0.25, 0.3) is 5.91 Å². The summed E-state index contributed by atoms with van der Waals surface area (Å²) in [6, 6.07) is 8.36. The third-order valence-corrected chi connectivity index (χ3v) is 6.15. The lowest BCUT2D eigenvalue weighted by Crippen LogP contribution is -2.33. The highest BCUT2D eigenvalue weighted by atomic mass is 32.2. The van der Waals surface area contributed by atoms with Gasteiger partial charge in [-0.05, 0) is 42.5 Å². The van der Waals surface area contributed by atoms with Crippen molar-refractivity contribution in [3.05, 3.63) is 53.8 Å². The van der Waals surface area contributed by atoms with Crippen LogP contribution in [0.1, 0.15) is 24.2 Å². The fraction of sp³-hybridized carbons (Fsp3) is 0.263. The van der Waals surface area contributed by atoms with E-state index in [2.05, 4.69) is 10.6 Å². The summed E-state index contributed by atoms with van der Waals surface area (Å²) in [4.78, 5) is 24.0. The van der Waals surface area contributed by atoms with Crippen molar-refractivity contribution in [3.63, 3.8) is 0 Å². The van der Waals surface area contributed by atoms with Gasteiger partial charge in [0.2, 0.25) is 15.9 Å². The van der Waals surface area contributed by atoms with Crippen LogP contribution in [-0.4, -0.2) is 49.3 Å². The molecule has 156 valence electrons. The first-order chi connectivity index (χ1) is 13.7. The molecule has 8 nitrogen and oxygen atoms in total. The fourth-order valence-electron chi connectivity index (χ4n) is 2.55. The van der Waals surface area contributed by atoms with Gasteiger partial charge in [-0.1, -0.05) is 13.8 Å². The van der Waals surface area contributed by atoms with Gasteiger partial charge < -0.3 is 15.7 Å². The number of nitrogens with zero attached hydrogens (tertiary/aromatic N) is 1. The molecule has 2 amide bonds. The topological polar surface area (TPSA) is 116 Å². The zero-order valence-electron chi connectivity index (χ0n) is 16.0. The standard InChI is InChI=1S/C19H22FN3O5S/c1-3-23(4-2)29(27,28)15-9-10-17(24)16(11-15)22-18(25)12-21-19(26)13-5-7-14(20)8-6-13/h5-11,24H,3-4,12H2,1-2H3,(H,21,26)(H,22,25).